The van der Waals surface area contributed by atoms with Crippen molar-refractivity contribution < 1.29 is 9.59 Å². The highest BCUT2D eigenvalue weighted by Crippen LogP contribution is 2.13. The van der Waals surface area contributed by atoms with Gasteiger partial charge in [0, 0.05) is 19.3 Å². The van der Waals surface area contributed by atoms with Crippen molar-refractivity contribution in [2.45, 2.75) is 112 Å². The van der Waals surface area contributed by atoms with Crippen LogP contribution in [-0.2, 0) is 16.0 Å². The predicted molar refractivity (Wildman–Crippen MR) is 137 cm³/mol. The summed E-state index contributed by atoms with van der Waals surface area (Å²) in [6.45, 7) is 13.2. The van der Waals surface area contributed by atoms with Crippen LogP contribution >= 0.6 is 0 Å². The molecule has 0 saturated heterocycles. The van der Waals surface area contributed by atoms with Gasteiger partial charge in [-0.1, -0.05) is 88.6 Å². The van der Waals surface area contributed by atoms with Gasteiger partial charge in [0.25, 0.3) is 0 Å². The summed E-state index contributed by atoms with van der Waals surface area (Å²) in [6, 6.07) is 6.38. The second-order valence-electron chi connectivity index (χ2n) is 10.1. The second kappa shape index (κ2) is 17.1. The van der Waals surface area contributed by atoms with Gasteiger partial charge >= 0.3 is 0 Å². The minimum Gasteiger partial charge on any atom is -0.300 e. The van der Waals surface area contributed by atoms with Crippen molar-refractivity contribution in [3.05, 3.63) is 34.9 Å². The quantitative estimate of drug-likeness (QED) is 0.211. The molecule has 0 fully saturated rings. The molecule has 182 valence electrons. The van der Waals surface area contributed by atoms with Crippen LogP contribution in [0.4, 0.5) is 0 Å². The lowest BCUT2D eigenvalue weighted by Crippen LogP contribution is -2.31. The lowest BCUT2D eigenvalue weighted by atomic mass is 10.0. The number of rotatable bonds is 19. The van der Waals surface area contributed by atoms with E-state index in [2.05, 4.69) is 57.7 Å². The molecule has 3 heteroatoms. The molecule has 0 radical (unpaired) electrons. The molecule has 0 heterocycles. The molecule has 0 N–H and O–H groups in total. The van der Waals surface area contributed by atoms with E-state index in [0.29, 0.717) is 18.7 Å². The molecular formula is C29H49NO2. The van der Waals surface area contributed by atoms with Crippen LogP contribution in [0.25, 0.3) is 0 Å². The maximum Gasteiger partial charge on any atom is 0.151 e. The third-order valence-electron chi connectivity index (χ3n) is 6.20. The predicted octanol–water partition coefficient (Wildman–Crippen LogP) is 7.25. The van der Waals surface area contributed by atoms with E-state index in [1.54, 1.807) is 0 Å². The van der Waals surface area contributed by atoms with Crippen LogP contribution in [0.2, 0.25) is 0 Å². The summed E-state index contributed by atoms with van der Waals surface area (Å²) in [5.41, 5.74) is 3.56. The molecular weight excluding hydrogens is 394 g/mol. The Bertz CT molecular complexity index is 645. The van der Waals surface area contributed by atoms with Gasteiger partial charge in [0.15, 0.2) is 5.78 Å². The Morgan fingerprint density at radius 3 is 1.94 bits per heavy atom. The van der Waals surface area contributed by atoms with Crippen molar-refractivity contribution in [3.8, 4) is 0 Å². The van der Waals surface area contributed by atoms with E-state index in [1.165, 1.54) is 43.2 Å². The highest BCUT2D eigenvalue weighted by molar-refractivity contribution is 5.82. The molecule has 0 aromatic heterocycles. The largest absolute Gasteiger partial charge is 0.300 e. The van der Waals surface area contributed by atoms with Crippen LogP contribution in [0.1, 0.15) is 108 Å². The monoisotopic (exact) mass is 443 g/mol. The Morgan fingerprint density at radius 2 is 1.34 bits per heavy atom. The molecule has 0 saturated carbocycles. The number of carbonyl (C=O) groups excluding carboxylic acids is 2. The van der Waals surface area contributed by atoms with Gasteiger partial charge in [0.1, 0.15) is 5.78 Å². The Labute approximate surface area is 198 Å². The third-order valence-corrected chi connectivity index (χ3v) is 6.20. The van der Waals surface area contributed by atoms with Crippen LogP contribution in [-0.4, -0.2) is 36.1 Å². The fourth-order valence-electron chi connectivity index (χ4n) is 4.42. The van der Waals surface area contributed by atoms with E-state index in [0.717, 1.165) is 63.1 Å². The standard InChI is InChI=1S/C29H49NO2/c1-6-30(23-29(32)22-27-20-25(4)19-26(5)21-27)18-14-10-13-17-28(31)16-12-9-7-8-11-15-24(2)3/h19-21,24H,6-18,22-23H2,1-5H3. The summed E-state index contributed by atoms with van der Waals surface area (Å²) < 4.78 is 0. The van der Waals surface area contributed by atoms with Gasteiger partial charge in [-0.25, -0.2) is 0 Å². The van der Waals surface area contributed by atoms with E-state index < -0.39 is 0 Å². The van der Waals surface area contributed by atoms with E-state index in [9.17, 15) is 9.59 Å². The van der Waals surface area contributed by atoms with Crippen LogP contribution in [0.3, 0.4) is 0 Å². The van der Waals surface area contributed by atoms with E-state index in [1.807, 2.05) is 0 Å². The average Bonchev–Trinajstić information content (AvgIpc) is 2.70. The number of likely N-dealkylation sites (N-methyl/N-ethyl adjacent to an activating group) is 1. The maximum atomic E-state index is 12.5. The fourth-order valence-corrected chi connectivity index (χ4v) is 4.42. The molecule has 1 rings (SSSR count). The number of Topliss-reactive ketones (excluding diaryl/α,β-unsaturated/α-hetero) is 2. The van der Waals surface area contributed by atoms with E-state index >= 15 is 0 Å². The minimum atomic E-state index is 0.288. The van der Waals surface area contributed by atoms with Crippen molar-refractivity contribution in [3.63, 3.8) is 0 Å². The average molecular weight is 444 g/mol. The molecule has 32 heavy (non-hydrogen) atoms. The number of benzene rings is 1. The Morgan fingerprint density at radius 1 is 0.781 bits per heavy atom. The van der Waals surface area contributed by atoms with Crippen molar-refractivity contribution in [1.82, 2.24) is 4.90 Å². The van der Waals surface area contributed by atoms with Crippen molar-refractivity contribution >= 4 is 11.6 Å². The molecule has 0 atom stereocenters. The van der Waals surface area contributed by atoms with Crippen LogP contribution in [0, 0.1) is 19.8 Å². The highest BCUT2D eigenvalue weighted by atomic mass is 16.1. The summed E-state index contributed by atoms with van der Waals surface area (Å²) in [5.74, 6) is 1.53. The second-order valence-corrected chi connectivity index (χ2v) is 10.1. The van der Waals surface area contributed by atoms with Crippen molar-refractivity contribution in [2.75, 3.05) is 19.6 Å². The smallest absolute Gasteiger partial charge is 0.151 e. The molecule has 0 aliphatic rings. The minimum absolute atomic E-state index is 0.288. The molecule has 3 nitrogen and oxygen atoms in total. The van der Waals surface area contributed by atoms with Crippen LogP contribution in [0.5, 0.6) is 0 Å². The number of unbranched alkanes of at least 4 members (excludes halogenated alkanes) is 6. The van der Waals surface area contributed by atoms with Gasteiger partial charge in [0.2, 0.25) is 0 Å². The van der Waals surface area contributed by atoms with Gasteiger partial charge in [-0.2, -0.15) is 0 Å². The fraction of sp³-hybridized carbons (Fsp3) is 0.724. The van der Waals surface area contributed by atoms with Gasteiger partial charge in [-0.05, 0) is 57.7 Å². The Kier molecular flexibility index (Phi) is 15.2. The third kappa shape index (κ3) is 14.6. The molecule has 0 aliphatic heterocycles. The Hall–Kier alpha value is -1.48. The first-order valence-corrected chi connectivity index (χ1v) is 13.1. The summed E-state index contributed by atoms with van der Waals surface area (Å²) in [6.07, 6.45) is 12.6. The first-order valence-electron chi connectivity index (χ1n) is 13.1. The van der Waals surface area contributed by atoms with Crippen molar-refractivity contribution in [1.29, 1.82) is 0 Å². The highest BCUT2D eigenvalue weighted by Gasteiger charge is 2.11. The SMILES string of the molecule is CCN(CCCCCC(=O)CCCCCCCC(C)C)CC(=O)Cc1cc(C)cc(C)c1. The van der Waals surface area contributed by atoms with Gasteiger partial charge in [-0.15, -0.1) is 0 Å². The number of aryl methyl sites for hydroxylation is 2. The zero-order valence-corrected chi connectivity index (χ0v) is 21.7. The lowest BCUT2D eigenvalue weighted by Gasteiger charge is -2.19. The zero-order valence-electron chi connectivity index (χ0n) is 21.7. The normalized spacial score (nSPS) is 11.5. The molecule has 0 spiro atoms. The molecule has 0 unspecified atom stereocenters. The molecule has 0 bridgehead atoms. The van der Waals surface area contributed by atoms with Crippen LogP contribution in [0.15, 0.2) is 18.2 Å². The van der Waals surface area contributed by atoms with Crippen LogP contribution < -0.4 is 0 Å². The summed E-state index contributed by atoms with van der Waals surface area (Å²) in [4.78, 5) is 26.8. The molecule has 0 aliphatic carbocycles. The summed E-state index contributed by atoms with van der Waals surface area (Å²) in [7, 11) is 0. The zero-order chi connectivity index (χ0) is 23.8. The maximum absolute atomic E-state index is 12.5. The van der Waals surface area contributed by atoms with E-state index in [-0.39, 0.29) is 5.78 Å². The lowest BCUT2D eigenvalue weighted by molar-refractivity contribution is -0.120. The number of hydrogen-bond acceptors (Lipinski definition) is 3. The Balaban J connectivity index is 2.09. The topological polar surface area (TPSA) is 37.4 Å². The van der Waals surface area contributed by atoms with Crippen molar-refractivity contribution in [2.24, 2.45) is 5.92 Å². The number of nitrogens with zero attached hydrogens (tertiary/aromatic N) is 1. The molecule has 1 aromatic carbocycles. The van der Waals surface area contributed by atoms with E-state index in [4.69, 9.17) is 0 Å². The summed E-state index contributed by atoms with van der Waals surface area (Å²) >= 11 is 0. The molecule has 0 amide bonds. The number of hydrogen-bond donors (Lipinski definition) is 0. The van der Waals surface area contributed by atoms with Gasteiger partial charge < -0.3 is 0 Å². The van der Waals surface area contributed by atoms with Gasteiger partial charge in [0.05, 0.1) is 6.54 Å². The first-order chi connectivity index (χ1) is 15.3. The number of carbonyl (C=O) groups is 2. The number of ketones is 2. The first kappa shape index (κ1) is 28.6. The van der Waals surface area contributed by atoms with Gasteiger partial charge in [-0.3, -0.25) is 14.5 Å². The molecule has 1 aromatic rings. The summed E-state index contributed by atoms with van der Waals surface area (Å²) in [5, 5.41) is 0.